The minimum Gasteiger partial charge on any atom is -0.481 e. The van der Waals surface area contributed by atoms with Crippen LogP contribution in [0.1, 0.15) is 54.9 Å². The van der Waals surface area contributed by atoms with E-state index in [2.05, 4.69) is 48.6 Å². The molecular formula is C24H31NO2. The van der Waals surface area contributed by atoms with E-state index in [0.717, 1.165) is 31.4 Å². The number of carbonyl (C=O) groups excluding carboxylic acids is 1. The highest BCUT2D eigenvalue weighted by Gasteiger charge is 2.19. The lowest BCUT2D eigenvalue weighted by molar-refractivity contribution is -0.128. The third kappa shape index (κ3) is 5.59. The first-order chi connectivity index (χ1) is 13.2. The molecular weight excluding hydrogens is 334 g/mol. The van der Waals surface area contributed by atoms with Crippen LogP contribution in [0.4, 0.5) is 0 Å². The Morgan fingerprint density at radius 1 is 1.07 bits per heavy atom. The average molecular weight is 366 g/mol. The Morgan fingerprint density at radius 2 is 1.81 bits per heavy atom. The van der Waals surface area contributed by atoms with E-state index in [1.165, 1.54) is 35.1 Å². The van der Waals surface area contributed by atoms with E-state index < -0.39 is 6.10 Å². The van der Waals surface area contributed by atoms with Crippen molar-refractivity contribution in [1.29, 1.82) is 0 Å². The summed E-state index contributed by atoms with van der Waals surface area (Å²) in [5.74, 6) is 0.802. The van der Waals surface area contributed by atoms with E-state index in [0.29, 0.717) is 13.0 Å². The number of fused-ring (bicyclic) bond motifs is 1. The molecule has 0 fully saturated rings. The van der Waals surface area contributed by atoms with E-state index in [-0.39, 0.29) is 5.91 Å². The summed E-state index contributed by atoms with van der Waals surface area (Å²) in [7, 11) is 0. The van der Waals surface area contributed by atoms with E-state index in [1.54, 1.807) is 0 Å². The van der Waals surface area contributed by atoms with Gasteiger partial charge in [0.25, 0.3) is 5.91 Å². The van der Waals surface area contributed by atoms with E-state index in [1.807, 2.05) is 13.0 Å². The summed E-state index contributed by atoms with van der Waals surface area (Å²) in [5.41, 5.74) is 5.40. The van der Waals surface area contributed by atoms with Crippen molar-refractivity contribution in [3.63, 3.8) is 0 Å². The van der Waals surface area contributed by atoms with Gasteiger partial charge in [-0.15, -0.1) is 0 Å². The molecule has 1 aliphatic carbocycles. The first-order valence-electron chi connectivity index (χ1n) is 10.3. The molecule has 1 amide bonds. The molecule has 3 heteroatoms. The summed E-state index contributed by atoms with van der Waals surface area (Å²) in [5, 5.41) is 3.03. The maximum absolute atomic E-state index is 12.5. The minimum atomic E-state index is -0.425. The van der Waals surface area contributed by atoms with Crippen LogP contribution < -0.4 is 10.1 Å². The largest absolute Gasteiger partial charge is 0.481 e. The topological polar surface area (TPSA) is 38.3 Å². The van der Waals surface area contributed by atoms with Gasteiger partial charge in [-0.05, 0) is 80.7 Å². The lowest BCUT2D eigenvalue weighted by atomic mass is 9.92. The second-order valence-corrected chi connectivity index (χ2v) is 7.53. The van der Waals surface area contributed by atoms with Gasteiger partial charge in [-0.25, -0.2) is 0 Å². The molecule has 0 unspecified atom stereocenters. The Hall–Kier alpha value is -2.29. The molecule has 1 aliphatic rings. The summed E-state index contributed by atoms with van der Waals surface area (Å²) in [6.07, 6.45) is 6.95. The quantitative estimate of drug-likeness (QED) is 0.684. The Morgan fingerprint density at radius 3 is 2.56 bits per heavy atom. The summed E-state index contributed by atoms with van der Waals surface area (Å²) in [6.45, 7) is 4.77. The van der Waals surface area contributed by atoms with Crippen LogP contribution >= 0.6 is 0 Å². The standard InChI is InChI=1S/C24H31NO2/c1-3-23(27-22-15-14-20-8-4-5-9-21(20)17-22)24(26)25-16-6-7-19-12-10-18(2)11-13-19/h10-15,17,23H,3-9,16H2,1-2H3,(H,25,26)/t23-/m1/s1. The Bertz CT molecular complexity index is 751. The second-order valence-electron chi connectivity index (χ2n) is 7.53. The predicted octanol–water partition coefficient (Wildman–Crippen LogP) is 4.78. The molecule has 0 aromatic heterocycles. The van der Waals surface area contributed by atoms with Crippen LogP contribution in [-0.4, -0.2) is 18.6 Å². The van der Waals surface area contributed by atoms with Gasteiger partial charge in [-0.1, -0.05) is 42.8 Å². The maximum atomic E-state index is 12.5. The molecule has 0 spiro atoms. The molecule has 0 radical (unpaired) electrons. The SMILES string of the molecule is CC[C@@H](Oc1ccc2c(c1)CCCC2)C(=O)NCCCc1ccc(C)cc1. The van der Waals surface area contributed by atoms with Gasteiger partial charge in [0.15, 0.2) is 6.10 Å². The lowest BCUT2D eigenvalue weighted by Gasteiger charge is -2.20. The van der Waals surface area contributed by atoms with Gasteiger partial charge in [-0.2, -0.15) is 0 Å². The summed E-state index contributed by atoms with van der Waals surface area (Å²) >= 11 is 0. The van der Waals surface area contributed by atoms with Crippen LogP contribution in [0.3, 0.4) is 0 Å². The molecule has 2 aromatic rings. The number of amides is 1. The number of rotatable bonds is 8. The van der Waals surface area contributed by atoms with Crippen LogP contribution in [0.5, 0.6) is 5.75 Å². The zero-order chi connectivity index (χ0) is 19.1. The normalized spacial score (nSPS) is 14.3. The number of hydrogen-bond acceptors (Lipinski definition) is 2. The van der Waals surface area contributed by atoms with Gasteiger partial charge in [-0.3, -0.25) is 4.79 Å². The van der Waals surface area contributed by atoms with Crippen LogP contribution in [-0.2, 0) is 24.1 Å². The number of aryl methyl sites for hydroxylation is 4. The summed E-state index contributed by atoms with van der Waals surface area (Å²) < 4.78 is 6.01. The highest BCUT2D eigenvalue weighted by atomic mass is 16.5. The van der Waals surface area contributed by atoms with Crippen molar-refractivity contribution >= 4 is 5.91 Å². The van der Waals surface area contributed by atoms with Crippen LogP contribution in [0.2, 0.25) is 0 Å². The Labute approximate surface area is 163 Å². The molecule has 0 saturated carbocycles. The number of ether oxygens (including phenoxy) is 1. The third-order valence-corrected chi connectivity index (χ3v) is 5.32. The maximum Gasteiger partial charge on any atom is 0.261 e. The summed E-state index contributed by atoms with van der Waals surface area (Å²) in [6, 6.07) is 14.9. The third-order valence-electron chi connectivity index (χ3n) is 5.32. The Kier molecular flexibility index (Phi) is 6.92. The van der Waals surface area contributed by atoms with E-state index in [4.69, 9.17) is 4.74 Å². The van der Waals surface area contributed by atoms with Gasteiger partial charge in [0.2, 0.25) is 0 Å². The van der Waals surface area contributed by atoms with Crippen molar-refractivity contribution < 1.29 is 9.53 Å². The molecule has 0 heterocycles. The van der Waals surface area contributed by atoms with Crippen molar-refractivity contribution in [1.82, 2.24) is 5.32 Å². The highest BCUT2D eigenvalue weighted by molar-refractivity contribution is 5.81. The van der Waals surface area contributed by atoms with Gasteiger partial charge in [0, 0.05) is 6.54 Å². The van der Waals surface area contributed by atoms with Crippen molar-refractivity contribution in [2.75, 3.05) is 6.54 Å². The number of benzene rings is 2. The minimum absolute atomic E-state index is 0.0147. The fourth-order valence-corrected chi connectivity index (χ4v) is 3.64. The fraction of sp³-hybridized carbons (Fsp3) is 0.458. The van der Waals surface area contributed by atoms with Gasteiger partial charge >= 0.3 is 0 Å². The molecule has 0 saturated heterocycles. The Balaban J connectivity index is 1.46. The summed E-state index contributed by atoms with van der Waals surface area (Å²) in [4.78, 5) is 12.5. The van der Waals surface area contributed by atoms with E-state index >= 15 is 0 Å². The molecule has 2 aromatic carbocycles. The molecule has 3 nitrogen and oxygen atoms in total. The zero-order valence-electron chi connectivity index (χ0n) is 16.6. The highest BCUT2D eigenvalue weighted by Crippen LogP contribution is 2.26. The van der Waals surface area contributed by atoms with Crippen LogP contribution in [0.25, 0.3) is 0 Å². The number of carbonyl (C=O) groups is 1. The molecule has 27 heavy (non-hydrogen) atoms. The molecule has 0 bridgehead atoms. The van der Waals surface area contributed by atoms with Crippen molar-refractivity contribution in [2.24, 2.45) is 0 Å². The van der Waals surface area contributed by atoms with Crippen molar-refractivity contribution in [3.8, 4) is 5.75 Å². The lowest BCUT2D eigenvalue weighted by Crippen LogP contribution is -2.38. The monoisotopic (exact) mass is 365 g/mol. The first kappa shape index (κ1) is 19.5. The van der Waals surface area contributed by atoms with Crippen molar-refractivity contribution in [2.45, 2.75) is 64.9 Å². The molecule has 1 N–H and O–H groups in total. The number of nitrogens with one attached hydrogen (secondary N) is 1. The molecule has 1 atom stereocenters. The smallest absolute Gasteiger partial charge is 0.261 e. The number of hydrogen-bond donors (Lipinski definition) is 1. The zero-order valence-corrected chi connectivity index (χ0v) is 16.6. The van der Waals surface area contributed by atoms with Gasteiger partial charge in [0.05, 0.1) is 0 Å². The first-order valence-corrected chi connectivity index (χ1v) is 10.3. The fourth-order valence-electron chi connectivity index (χ4n) is 3.64. The molecule has 3 rings (SSSR count). The van der Waals surface area contributed by atoms with E-state index in [9.17, 15) is 4.79 Å². The van der Waals surface area contributed by atoms with Gasteiger partial charge in [0.1, 0.15) is 5.75 Å². The van der Waals surface area contributed by atoms with Crippen LogP contribution in [0.15, 0.2) is 42.5 Å². The van der Waals surface area contributed by atoms with Gasteiger partial charge < -0.3 is 10.1 Å². The van der Waals surface area contributed by atoms with Crippen LogP contribution in [0, 0.1) is 6.92 Å². The molecule has 0 aliphatic heterocycles. The molecule has 144 valence electrons. The second kappa shape index (κ2) is 9.59. The average Bonchev–Trinajstić information content (AvgIpc) is 2.70. The van der Waals surface area contributed by atoms with Crippen molar-refractivity contribution in [3.05, 3.63) is 64.7 Å². The predicted molar refractivity (Wildman–Crippen MR) is 110 cm³/mol.